The molecule has 3 heteroatoms. The molecule has 108 valence electrons. The van der Waals surface area contributed by atoms with Crippen LogP contribution in [0, 0.1) is 29.6 Å². The van der Waals surface area contributed by atoms with Crippen molar-refractivity contribution in [2.75, 3.05) is 0 Å². The van der Waals surface area contributed by atoms with Gasteiger partial charge in [0.05, 0.1) is 11.8 Å². The van der Waals surface area contributed by atoms with Gasteiger partial charge in [-0.3, -0.25) is 14.5 Å². The molecule has 5 atom stereocenters. The van der Waals surface area contributed by atoms with Gasteiger partial charge in [-0.15, -0.1) is 0 Å². The van der Waals surface area contributed by atoms with Gasteiger partial charge in [-0.05, 0) is 43.9 Å². The van der Waals surface area contributed by atoms with Crippen LogP contribution < -0.4 is 0 Å². The molecule has 3 aliphatic carbocycles. The zero-order valence-electron chi connectivity index (χ0n) is 12.1. The van der Waals surface area contributed by atoms with Crippen molar-refractivity contribution in [1.82, 2.24) is 4.90 Å². The fourth-order valence-electron chi connectivity index (χ4n) is 5.15. The van der Waals surface area contributed by atoms with Crippen molar-refractivity contribution < 1.29 is 9.59 Å². The highest BCUT2D eigenvalue weighted by Gasteiger charge is 2.60. The summed E-state index contributed by atoms with van der Waals surface area (Å²) >= 11 is 0. The summed E-state index contributed by atoms with van der Waals surface area (Å²) in [6.07, 6.45) is 11.5. The lowest BCUT2D eigenvalue weighted by Crippen LogP contribution is -2.44. The quantitative estimate of drug-likeness (QED) is 0.573. The fourth-order valence-corrected chi connectivity index (χ4v) is 5.15. The van der Waals surface area contributed by atoms with E-state index in [4.69, 9.17) is 0 Å². The van der Waals surface area contributed by atoms with Crippen LogP contribution in [0.15, 0.2) is 12.2 Å². The molecular weight excluding hydrogens is 250 g/mol. The van der Waals surface area contributed by atoms with Gasteiger partial charge in [0.25, 0.3) is 0 Å². The highest BCUT2D eigenvalue weighted by molar-refractivity contribution is 6.06. The molecule has 0 aromatic carbocycles. The molecule has 0 aromatic rings. The van der Waals surface area contributed by atoms with E-state index in [1.807, 2.05) is 0 Å². The van der Waals surface area contributed by atoms with Crippen LogP contribution in [-0.4, -0.2) is 22.8 Å². The molecule has 2 saturated carbocycles. The van der Waals surface area contributed by atoms with Crippen molar-refractivity contribution in [1.29, 1.82) is 0 Å². The minimum absolute atomic E-state index is 0.0245. The number of nitrogens with zero attached hydrogens (tertiary/aromatic N) is 1. The Labute approximate surface area is 120 Å². The molecule has 2 bridgehead atoms. The summed E-state index contributed by atoms with van der Waals surface area (Å²) < 4.78 is 0. The molecule has 0 aromatic heterocycles. The molecule has 1 heterocycles. The molecule has 4 rings (SSSR count). The first-order chi connectivity index (χ1) is 9.68. The Morgan fingerprint density at radius 1 is 1.00 bits per heavy atom. The largest absolute Gasteiger partial charge is 0.279 e. The minimum Gasteiger partial charge on any atom is -0.279 e. The Bertz CT molecular complexity index is 447. The SMILES string of the molecule is C[C@@H](C1CCCCC1)N1C(=O)[C@@H]2[C@H](C1=O)[C@H]1C=C[C@@H]2C1. The number of likely N-dealkylation sites (tertiary alicyclic amines) is 1. The third-order valence-electron chi connectivity index (χ3n) is 6.24. The van der Waals surface area contributed by atoms with Crippen LogP contribution in [-0.2, 0) is 9.59 Å². The maximum Gasteiger partial charge on any atom is 0.233 e. The van der Waals surface area contributed by atoms with Gasteiger partial charge in [0, 0.05) is 6.04 Å². The molecule has 1 aliphatic heterocycles. The number of allylic oxidation sites excluding steroid dienone is 2. The summed E-state index contributed by atoms with van der Waals surface area (Å²) in [4.78, 5) is 27.1. The maximum atomic E-state index is 12.7. The van der Waals surface area contributed by atoms with Gasteiger partial charge in [-0.2, -0.15) is 0 Å². The van der Waals surface area contributed by atoms with Crippen molar-refractivity contribution in [2.24, 2.45) is 29.6 Å². The molecule has 2 amide bonds. The van der Waals surface area contributed by atoms with E-state index in [1.165, 1.54) is 32.1 Å². The molecule has 3 fully saturated rings. The van der Waals surface area contributed by atoms with E-state index in [9.17, 15) is 9.59 Å². The van der Waals surface area contributed by atoms with Gasteiger partial charge >= 0.3 is 0 Å². The zero-order chi connectivity index (χ0) is 13.9. The lowest BCUT2D eigenvalue weighted by atomic mass is 9.84. The van der Waals surface area contributed by atoms with Crippen LogP contribution in [0.2, 0.25) is 0 Å². The Morgan fingerprint density at radius 3 is 2.10 bits per heavy atom. The Morgan fingerprint density at radius 2 is 1.55 bits per heavy atom. The summed E-state index contributed by atoms with van der Waals surface area (Å²) in [5.41, 5.74) is 0. The van der Waals surface area contributed by atoms with Crippen LogP contribution in [0.5, 0.6) is 0 Å². The van der Waals surface area contributed by atoms with Gasteiger partial charge in [0.1, 0.15) is 0 Å². The first-order valence-electron chi connectivity index (χ1n) is 8.23. The van der Waals surface area contributed by atoms with Crippen molar-refractivity contribution >= 4 is 11.8 Å². The van der Waals surface area contributed by atoms with Crippen molar-refractivity contribution in [3.05, 3.63) is 12.2 Å². The van der Waals surface area contributed by atoms with Gasteiger partial charge in [0.2, 0.25) is 11.8 Å². The number of hydrogen-bond acceptors (Lipinski definition) is 2. The van der Waals surface area contributed by atoms with Gasteiger partial charge in [-0.25, -0.2) is 0 Å². The minimum atomic E-state index is -0.0245. The summed E-state index contributed by atoms with van der Waals surface area (Å²) in [5.74, 6) is 1.42. The molecule has 20 heavy (non-hydrogen) atoms. The average molecular weight is 273 g/mol. The van der Waals surface area contributed by atoms with Crippen LogP contribution in [0.25, 0.3) is 0 Å². The normalized spacial score (nSPS) is 41.5. The molecular formula is C17H23NO2. The highest BCUT2D eigenvalue weighted by Crippen LogP contribution is 2.53. The predicted molar refractivity (Wildman–Crippen MR) is 75.6 cm³/mol. The van der Waals surface area contributed by atoms with E-state index in [-0.39, 0.29) is 29.7 Å². The molecule has 1 saturated heterocycles. The predicted octanol–water partition coefficient (Wildman–Crippen LogP) is 2.76. The summed E-state index contributed by atoms with van der Waals surface area (Å²) in [6.45, 7) is 2.10. The number of rotatable bonds is 2. The number of amides is 2. The molecule has 0 N–H and O–H groups in total. The average Bonchev–Trinajstić information content (AvgIpc) is 3.14. The third kappa shape index (κ3) is 1.58. The lowest BCUT2D eigenvalue weighted by Gasteiger charge is -2.33. The molecule has 0 unspecified atom stereocenters. The van der Waals surface area contributed by atoms with Gasteiger partial charge in [-0.1, -0.05) is 31.4 Å². The highest BCUT2D eigenvalue weighted by atomic mass is 16.2. The molecule has 0 radical (unpaired) electrons. The Kier molecular flexibility index (Phi) is 2.80. The first kappa shape index (κ1) is 12.6. The number of carbonyl (C=O) groups excluding carboxylic acids is 2. The molecule has 0 spiro atoms. The number of fused-ring (bicyclic) bond motifs is 5. The summed E-state index contributed by atoms with van der Waals surface area (Å²) in [5, 5.41) is 0. The summed E-state index contributed by atoms with van der Waals surface area (Å²) in [7, 11) is 0. The number of hydrogen-bond donors (Lipinski definition) is 0. The topological polar surface area (TPSA) is 37.4 Å². The van der Waals surface area contributed by atoms with Gasteiger partial charge < -0.3 is 0 Å². The van der Waals surface area contributed by atoms with Gasteiger partial charge in [0.15, 0.2) is 0 Å². The second-order valence-corrected chi connectivity index (χ2v) is 7.19. The van der Waals surface area contributed by atoms with E-state index in [0.717, 1.165) is 6.42 Å². The molecule has 3 nitrogen and oxygen atoms in total. The molecule has 4 aliphatic rings. The third-order valence-corrected chi connectivity index (χ3v) is 6.24. The number of carbonyl (C=O) groups is 2. The Hall–Kier alpha value is -1.12. The smallest absolute Gasteiger partial charge is 0.233 e. The van der Waals surface area contributed by atoms with Crippen molar-refractivity contribution in [3.8, 4) is 0 Å². The van der Waals surface area contributed by atoms with Crippen LogP contribution in [0.4, 0.5) is 0 Å². The summed E-state index contributed by atoms with van der Waals surface area (Å²) in [6, 6.07) is 0.111. The van der Waals surface area contributed by atoms with E-state index >= 15 is 0 Å². The second kappa shape index (κ2) is 4.44. The monoisotopic (exact) mass is 273 g/mol. The van der Waals surface area contributed by atoms with E-state index < -0.39 is 0 Å². The van der Waals surface area contributed by atoms with Crippen LogP contribution >= 0.6 is 0 Å². The zero-order valence-corrected chi connectivity index (χ0v) is 12.1. The lowest BCUT2D eigenvalue weighted by molar-refractivity contribution is -0.144. The van der Waals surface area contributed by atoms with Crippen LogP contribution in [0.3, 0.4) is 0 Å². The second-order valence-electron chi connectivity index (χ2n) is 7.19. The fraction of sp³-hybridized carbons (Fsp3) is 0.765. The standard InChI is InChI=1S/C17H23NO2/c1-10(11-5-3-2-4-6-11)18-16(19)14-12-7-8-13(9-12)15(14)17(18)20/h7-8,10-15H,2-6,9H2,1H3/t10-,12-,13+,14+,15-/m0/s1. The first-order valence-corrected chi connectivity index (χ1v) is 8.23. The van der Waals surface area contributed by atoms with E-state index in [1.54, 1.807) is 4.90 Å². The number of imide groups is 1. The Balaban J connectivity index is 1.58. The van der Waals surface area contributed by atoms with E-state index in [2.05, 4.69) is 19.1 Å². The van der Waals surface area contributed by atoms with Crippen LogP contribution in [0.1, 0.15) is 45.4 Å². The van der Waals surface area contributed by atoms with Crippen molar-refractivity contribution in [3.63, 3.8) is 0 Å². The van der Waals surface area contributed by atoms with E-state index in [0.29, 0.717) is 17.8 Å². The van der Waals surface area contributed by atoms with Crippen molar-refractivity contribution in [2.45, 2.75) is 51.5 Å². The maximum absolute atomic E-state index is 12.7.